The van der Waals surface area contributed by atoms with Crippen molar-refractivity contribution in [2.75, 3.05) is 6.61 Å². The zero-order valence-electron chi connectivity index (χ0n) is 18.7. The molecule has 27 heavy (non-hydrogen) atoms. The molecular formula is C24H46O3. The van der Waals surface area contributed by atoms with E-state index in [1.54, 1.807) is 6.92 Å². The summed E-state index contributed by atoms with van der Waals surface area (Å²) in [6, 6.07) is 0. The number of aliphatic carboxylic acids is 1. The molecule has 0 aromatic carbocycles. The zero-order chi connectivity index (χ0) is 20.2. The monoisotopic (exact) mass is 382 g/mol. The van der Waals surface area contributed by atoms with Gasteiger partial charge in [0.05, 0.1) is 12.0 Å². The first-order chi connectivity index (χ1) is 12.8. The first-order valence-corrected chi connectivity index (χ1v) is 11.6. The minimum absolute atomic E-state index is 0.0831. The Morgan fingerprint density at radius 1 is 0.889 bits per heavy atom. The molecule has 3 nitrogen and oxygen atoms in total. The van der Waals surface area contributed by atoms with Crippen LogP contribution in [0.1, 0.15) is 105 Å². The highest BCUT2D eigenvalue weighted by molar-refractivity contribution is 5.70. The Hall–Kier alpha value is -0.570. The molecule has 0 bridgehead atoms. The van der Waals surface area contributed by atoms with Gasteiger partial charge in [0.1, 0.15) is 0 Å². The predicted molar refractivity (Wildman–Crippen MR) is 114 cm³/mol. The third-order valence-corrected chi connectivity index (χ3v) is 6.53. The predicted octanol–water partition coefficient (Wildman–Crippen LogP) is 6.94. The van der Waals surface area contributed by atoms with E-state index in [-0.39, 0.29) is 12.0 Å². The van der Waals surface area contributed by atoms with Crippen LogP contribution in [0.3, 0.4) is 0 Å². The Kier molecular flexibility index (Phi) is 12.3. The van der Waals surface area contributed by atoms with E-state index in [9.17, 15) is 4.79 Å². The Bertz CT molecular complexity index is 385. The molecule has 0 aromatic rings. The molecular weight excluding hydrogens is 336 g/mol. The molecule has 1 aliphatic rings. The van der Waals surface area contributed by atoms with Gasteiger partial charge in [0.15, 0.2) is 0 Å². The molecule has 0 amide bonds. The van der Waals surface area contributed by atoms with Crippen LogP contribution in [0.2, 0.25) is 0 Å². The molecule has 1 rings (SSSR count). The van der Waals surface area contributed by atoms with Crippen molar-refractivity contribution in [1.82, 2.24) is 0 Å². The standard InChI is InChI=1S/C24H46O3/c1-18(2)9-6-10-19(3)11-7-12-20(4)13-8-14-22-15-16-23(27-17-22)21(5)24(25)26/h18-23H,6-17H2,1-5H3,(H,25,26)/t19?,20?,21?,22-,23-/m1/s1. The van der Waals surface area contributed by atoms with Crippen LogP contribution >= 0.6 is 0 Å². The van der Waals surface area contributed by atoms with Crippen LogP contribution < -0.4 is 0 Å². The van der Waals surface area contributed by atoms with Crippen LogP contribution in [0.15, 0.2) is 0 Å². The van der Waals surface area contributed by atoms with E-state index in [2.05, 4.69) is 27.7 Å². The highest BCUT2D eigenvalue weighted by Crippen LogP contribution is 2.28. The molecule has 1 saturated heterocycles. The van der Waals surface area contributed by atoms with Crippen molar-refractivity contribution >= 4 is 5.97 Å². The summed E-state index contributed by atoms with van der Waals surface area (Å²) in [5.41, 5.74) is 0. The van der Waals surface area contributed by atoms with Gasteiger partial charge in [-0.3, -0.25) is 4.79 Å². The van der Waals surface area contributed by atoms with Gasteiger partial charge >= 0.3 is 5.97 Å². The minimum Gasteiger partial charge on any atom is -0.481 e. The molecule has 5 atom stereocenters. The fraction of sp³-hybridized carbons (Fsp3) is 0.958. The van der Waals surface area contributed by atoms with Gasteiger partial charge in [-0.1, -0.05) is 79.1 Å². The van der Waals surface area contributed by atoms with Crippen molar-refractivity contribution < 1.29 is 14.6 Å². The van der Waals surface area contributed by atoms with Crippen LogP contribution in [0.4, 0.5) is 0 Å². The van der Waals surface area contributed by atoms with Crippen LogP contribution in [0.5, 0.6) is 0 Å². The molecule has 0 radical (unpaired) electrons. The molecule has 0 aliphatic carbocycles. The second kappa shape index (κ2) is 13.6. The second-order valence-corrected chi connectivity index (χ2v) is 9.84. The molecule has 0 spiro atoms. The van der Waals surface area contributed by atoms with Gasteiger partial charge in [0.25, 0.3) is 0 Å². The second-order valence-electron chi connectivity index (χ2n) is 9.84. The number of carbonyl (C=O) groups is 1. The van der Waals surface area contributed by atoms with Gasteiger partial charge in [-0.25, -0.2) is 0 Å². The Morgan fingerprint density at radius 3 is 1.93 bits per heavy atom. The number of hydrogen-bond donors (Lipinski definition) is 1. The van der Waals surface area contributed by atoms with Crippen molar-refractivity contribution in [1.29, 1.82) is 0 Å². The molecule has 0 aromatic heterocycles. The summed E-state index contributed by atoms with van der Waals surface area (Å²) in [6.07, 6.45) is 14.1. The third kappa shape index (κ3) is 11.1. The van der Waals surface area contributed by atoms with E-state index in [0.29, 0.717) is 5.92 Å². The normalized spacial score (nSPS) is 23.9. The third-order valence-electron chi connectivity index (χ3n) is 6.53. The molecule has 1 heterocycles. The van der Waals surface area contributed by atoms with Gasteiger partial charge in [0.2, 0.25) is 0 Å². The Labute approximate surface area is 168 Å². The topological polar surface area (TPSA) is 46.5 Å². The summed E-state index contributed by atoms with van der Waals surface area (Å²) in [4.78, 5) is 11.1. The number of hydrogen-bond acceptors (Lipinski definition) is 2. The van der Waals surface area contributed by atoms with Crippen LogP contribution in [-0.4, -0.2) is 23.8 Å². The van der Waals surface area contributed by atoms with E-state index >= 15 is 0 Å². The summed E-state index contributed by atoms with van der Waals surface area (Å²) in [7, 11) is 0. The van der Waals surface area contributed by atoms with E-state index < -0.39 is 5.97 Å². The van der Waals surface area contributed by atoms with Crippen molar-refractivity contribution in [3.63, 3.8) is 0 Å². The van der Waals surface area contributed by atoms with Crippen LogP contribution in [-0.2, 0) is 9.53 Å². The molecule has 1 aliphatic heterocycles. The fourth-order valence-corrected chi connectivity index (χ4v) is 4.34. The summed E-state index contributed by atoms with van der Waals surface area (Å²) in [5, 5.41) is 9.09. The van der Waals surface area contributed by atoms with Crippen molar-refractivity contribution in [2.45, 2.75) is 111 Å². The highest BCUT2D eigenvalue weighted by atomic mass is 16.5. The van der Waals surface area contributed by atoms with Crippen LogP contribution in [0, 0.1) is 29.6 Å². The average Bonchev–Trinajstić information content (AvgIpc) is 2.61. The summed E-state index contributed by atoms with van der Waals surface area (Å²) in [6.45, 7) is 12.0. The van der Waals surface area contributed by atoms with E-state index in [1.807, 2.05) is 0 Å². The van der Waals surface area contributed by atoms with Gasteiger partial charge in [-0.15, -0.1) is 0 Å². The lowest BCUT2D eigenvalue weighted by Gasteiger charge is -2.31. The Balaban J connectivity index is 2.03. The first-order valence-electron chi connectivity index (χ1n) is 11.6. The molecule has 3 unspecified atom stereocenters. The summed E-state index contributed by atoms with van der Waals surface area (Å²) < 4.78 is 5.83. The van der Waals surface area contributed by atoms with Crippen molar-refractivity contribution in [2.24, 2.45) is 29.6 Å². The first kappa shape index (κ1) is 24.5. The lowest BCUT2D eigenvalue weighted by Crippen LogP contribution is -2.34. The van der Waals surface area contributed by atoms with Crippen molar-refractivity contribution in [3.8, 4) is 0 Å². The molecule has 1 N–H and O–H groups in total. The minimum atomic E-state index is -0.735. The highest BCUT2D eigenvalue weighted by Gasteiger charge is 2.29. The number of rotatable bonds is 14. The Morgan fingerprint density at radius 2 is 1.44 bits per heavy atom. The summed E-state index contributed by atoms with van der Waals surface area (Å²) >= 11 is 0. The fourth-order valence-electron chi connectivity index (χ4n) is 4.34. The molecule has 0 saturated carbocycles. The maximum absolute atomic E-state index is 11.1. The van der Waals surface area contributed by atoms with Gasteiger partial charge in [0, 0.05) is 6.61 Å². The average molecular weight is 383 g/mol. The van der Waals surface area contributed by atoms with Gasteiger partial charge in [-0.05, 0) is 49.9 Å². The number of carboxylic acid groups (broad SMARTS) is 1. The van der Waals surface area contributed by atoms with E-state index in [0.717, 1.165) is 37.2 Å². The number of carboxylic acids is 1. The quantitative estimate of drug-likeness (QED) is 0.354. The van der Waals surface area contributed by atoms with Gasteiger partial charge in [-0.2, -0.15) is 0 Å². The molecule has 160 valence electrons. The largest absolute Gasteiger partial charge is 0.481 e. The maximum atomic E-state index is 11.1. The maximum Gasteiger partial charge on any atom is 0.308 e. The lowest BCUT2D eigenvalue weighted by atomic mass is 9.87. The zero-order valence-corrected chi connectivity index (χ0v) is 18.7. The number of ether oxygens (including phenoxy) is 1. The van der Waals surface area contributed by atoms with Gasteiger partial charge < -0.3 is 9.84 Å². The molecule has 1 fully saturated rings. The smallest absolute Gasteiger partial charge is 0.308 e. The summed E-state index contributed by atoms with van der Waals surface area (Å²) in [5.74, 6) is 2.09. The lowest BCUT2D eigenvalue weighted by molar-refractivity contribution is -0.149. The van der Waals surface area contributed by atoms with E-state index in [1.165, 1.54) is 57.8 Å². The van der Waals surface area contributed by atoms with E-state index in [4.69, 9.17) is 9.84 Å². The van der Waals surface area contributed by atoms with Crippen LogP contribution in [0.25, 0.3) is 0 Å². The SMILES string of the molecule is CC(C)CCCC(C)CCCC(C)CCC[C@@H]1CC[C@H](C(C)C(=O)O)OC1. The molecule has 3 heteroatoms. The van der Waals surface area contributed by atoms with Crippen molar-refractivity contribution in [3.05, 3.63) is 0 Å².